The van der Waals surface area contributed by atoms with E-state index in [1.807, 2.05) is 12.1 Å². The minimum absolute atomic E-state index is 0.121. The maximum absolute atomic E-state index is 13.3. The van der Waals surface area contributed by atoms with Crippen molar-refractivity contribution in [2.75, 3.05) is 7.11 Å². The fraction of sp³-hybridized carbons (Fsp3) is 0.136. The van der Waals surface area contributed by atoms with Crippen molar-refractivity contribution >= 4 is 34.2 Å². The third kappa shape index (κ3) is 3.84. The van der Waals surface area contributed by atoms with Gasteiger partial charge in [-0.2, -0.15) is 0 Å². The summed E-state index contributed by atoms with van der Waals surface area (Å²) >= 11 is 12.1. The van der Waals surface area contributed by atoms with E-state index in [1.54, 1.807) is 49.6 Å². The molecule has 0 fully saturated rings. The van der Waals surface area contributed by atoms with Crippen LogP contribution in [0.1, 0.15) is 11.1 Å². The highest BCUT2D eigenvalue weighted by atomic mass is 35.5. The molecule has 0 aliphatic heterocycles. The number of pyridine rings is 1. The predicted octanol–water partition coefficient (Wildman–Crippen LogP) is 3.97. The van der Waals surface area contributed by atoms with Crippen LogP contribution in [0.5, 0.6) is 5.75 Å². The summed E-state index contributed by atoms with van der Waals surface area (Å²) in [6, 6.07) is 15.8. The molecule has 2 aromatic heterocycles. The van der Waals surface area contributed by atoms with Gasteiger partial charge in [0.15, 0.2) is 5.52 Å². The Kier molecular flexibility index (Phi) is 5.61. The van der Waals surface area contributed by atoms with Gasteiger partial charge in [0.1, 0.15) is 5.75 Å². The van der Waals surface area contributed by atoms with Crippen molar-refractivity contribution in [3.63, 3.8) is 0 Å². The van der Waals surface area contributed by atoms with E-state index in [2.05, 4.69) is 4.98 Å². The van der Waals surface area contributed by atoms with Crippen LogP contribution in [-0.2, 0) is 13.1 Å². The van der Waals surface area contributed by atoms with Crippen LogP contribution in [0, 0.1) is 0 Å². The maximum Gasteiger partial charge on any atom is 0.332 e. The quantitative estimate of drug-likeness (QED) is 0.469. The second-order valence-electron chi connectivity index (χ2n) is 6.73. The highest BCUT2D eigenvalue weighted by Crippen LogP contribution is 2.23. The average molecular weight is 442 g/mol. The number of fused-ring (bicyclic) bond motifs is 1. The van der Waals surface area contributed by atoms with E-state index < -0.39 is 11.2 Å². The minimum Gasteiger partial charge on any atom is -0.497 e. The molecular formula is C22H17Cl2N3O3. The van der Waals surface area contributed by atoms with E-state index in [4.69, 9.17) is 27.9 Å². The van der Waals surface area contributed by atoms with Crippen molar-refractivity contribution in [3.8, 4) is 5.75 Å². The zero-order valence-electron chi connectivity index (χ0n) is 16.0. The van der Waals surface area contributed by atoms with Gasteiger partial charge in [0.25, 0.3) is 5.56 Å². The van der Waals surface area contributed by atoms with E-state index in [1.165, 1.54) is 15.3 Å². The molecule has 0 radical (unpaired) electrons. The van der Waals surface area contributed by atoms with Gasteiger partial charge in [-0.05, 0) is 47.5 Å². The van der Waals surface area contributed by atoms with E-state index >= 15 is 0 Å². The summed E-state index contributed by atoms with van der Waals surface area (Å²) in [4.78, 5) is 30.5. The molecule has 0 aliphatic carbocycles. The molecule has 0 aliphatic rings. The minimum atomic E-state index is -0.434. The first-order valence-electron chi connectivity index (χ1n) is 9.13. The molecule has 8 heteroatoms. The molecule has 0 spiro atoms. The van der Waals surface area contributed by atoms with Crippen LogP contribution in [0.4, 0.5) is 0 Å². The zero-order chi connectivity index (χ0) is 21.3. The van der Waals surface area contributed by atoms with Crippen LogP contribution in [0.15, 0.2) is 70.4 Å². The predicted molar refractivity (Wildman–Crippen MR) is 118 cm³/mol. The molecule has 6 nitrogen and oxygen atoms in total. The van der Waals surface area contributed by atoms with Gasteiger partial charge >= 0.3 is 5.69 Å². The van der Waals surface area contributed by atoms with E-state index in [0.717, 1.165) is 11.1 Å². The molecule has 2 aromatic carbocycles. The first kappa shape index (κ1) is 20.2. The molecule has 4 rings (SSSR count). The summed E-state index contributed by atoms with van der Waals surface area (Å²) in [5, 5.41) is 0.833. The normalized spacial score (nSPS) is 11.0. The number of benzene rings is 2. The summed E-state index contributed by atoms with van der Waals surface area (Å²) < 4.78 is 7.87. The molecule has 0 N–H and O–H groups in total. The summed E-state index contributed by atoms with van der Waals surface area (Å²) in [5.74, 6) is 0.698. The molecule has 0 saturated heterocycles. The SMILES string of the molecule is COc1ccc(Cn2c(=O)c3ncccc3n(Cc3ccc(Cl)c(Cl)c3)c2=O)cc1. The highest BCUT2D eigenvalue weighted by molar-refractivity contribution is 6.42. The fourth-order valence-corrected chi connectivity index (χ4v) is 3.59. The number of hydrogen-bond acceptors (Lipinski definition) is 4. The van der Waals surface area contributed by atoms with Gasteiger partial charge in [-0.1, -0.05) is 41.4 Å². The van der Waals surface area contributed by atoms with Gasteiger partial charge < -0.3 is 4.74 Å². The first-order chi connectivity index (χ1) is 14.5. The second-order valence-corrected chi connectivity index (χ2v) is 7.54. The molecule has 4 aromatic rings. The van der Waals surface area contributed by atoms with Gasteiger partial charge in [0, 0.05) is 6.20 Å². The molecule has 0 bridgehead atoms. The third-order valence-corrected chi connectivity index (χ3v) is 5.55. The number of hydrogen-bond donors (Lipinski definition) is 0. The van der Waals surface area contributed by atoms with Gasteiger partial charge in [-0.25, -0.2) is 9.78 Å². The standard InChI is InChI=1S/C22H17Cl2N3O3/c1-30-16-7-4-14(5-8-16)12-27-21(28)20-19(3-2-10-25-20)26(22(27)29)13-15-6-9-17(23)18(24)11-15/h2-11H,12-13H2,1H3. The molecule has 0 saturated carbocycles. The number of aromatic nitrogens is 3. The Morgan fingerprint density at radius 3 is 2.30 bits per heavy atom. The molecule has 0 atom stereocenters. The lowest BCUT2D eigenvalue weighted by Crippen LogP contribution is -2.40. The molecular weight excluding hydrogens is 425 g/mol. The molecule has 0 unspecified atom stereocenters. The van der Waals surface area contributed by atoms with E-state index in [0.29, 0.717) is 21.3 Å². The third-order valence-electron chi connectivity index (χ3n) is 4.81. The molecule has 152 valence electrons. The Bertz CT molecular complexity index is 1340. The number of ether oxygens (including phenoxy) is 1. The lowest BCUT2D eigenvalue weighted by Gasteiger charge is -2.14. The summed E-state index contributed by atoms with van der Waals surface area (Å²) in [7, 11) is 1.58. The van der Waals surface area contributed by atoms with Crippen LogP contribution in [0.2, 0.25) is 10.0 Å². The maximum atomic E-state index is 13.3. The Morgan fingerprint density at radius 2 is 1.60 bits per heavy atom. The fourth-order valence-electron chi connectivity index (χ4n) is 3.27. The van der Waals surface area contributed by atoms with Crippen LogP contribution in [-0.4, -0.2) is 21.2 Å². The second kappa shape index (κ2) is 8.34. The van der Waals surface area contributed by atoms with Gasteiger partial charge in [-0.15, -0.1) is 0 Å². The van der Waals surface area contributed by atoms with Crippen LogP contribution in [0.25, 0.3) is 11.0 Å². The summed E-state index contributed by atoms with van der Waals surface area (Å²) in [6.07, 6.45) is 1.54. The monoisotopic (exact) mass is 441 g/mol. The topological polar surface area (TPSA) is 66.1 Å². The van der Waals surface area contributed by atoms with Gasteiger partial charge in [-0.3, -0.25) is 13.9 Å². The Labute approximate surface area is 181 Å². The van der Waals surface area contributed by atoms with Gasteiger partial charge in [0.2, 0.25) is 0 Å². The van der Waals surface area contributed by atoms with Crippen molar-refractivity contribution in [3.05, 3.63) is 103 Å². The number of rotatable bonds is 5. The average Bonchev–Trinajstić information content (AvgIpc) is 2.77. The Hall–Kier alpha value is -3.09. The number of methoxy groups -OCH3 is 1. The number of halogens is 2. The van der Waals surface area contributed by atoms with Crippen molar-refractivity contribution in [1.82, 2.24) is 14.1 Å². The Balaban J connectivity index is 1.85. The largest absolute Gasteiger partial charge is 0.497 e. The molecule has 30 heavy (non-hydrogen) atoms. The zero-order valence-corrected chi connectivity index (χ0v) is 17.5. The highest BCUT2D eigenvalue weighted by Gasteiger charge is 2.15. The van der Waals surface area contributed by atoms with Crippen molar-refractivity contribution < 1.29 is 4.74 Å². The van der Waals surface area contributed by atoms with Crippen molar-refractivity contribution in [2.45, 2.75) is 13.1 Å². The molecule has 2 heterocycles. The lowest BCUT2D eigenvalue weighted by atomic mass is 10.2. The molecule has 0 amide bonds. The smallest absolute Gasteiger partial charge is 0.332 e. The van der Waals surface area contributed by atoms with Crippen LogP contribution in [0.3, 0.4) is 0 Å². The van der Waals surface area contributed by atoms with Crippen molar-refractivity contribution in [1.29, 1.82) is 0 Å². The van der Waals surface area contributed by atoms with Crippen LogP contribution >= 0.6 is 23.2 Å². The van der Waals surface area contributed by atoms with E-state index in [-0.39, 0.29) is 18.6 Å². The van der Waals surface area contributed by atoms with E-state index in [9.17, 15) is 9.59 Å². The van der Waals surface area contributed by atoms with Crippen LogP contribution < -0.4 is 16.0 Å². The van der Waals surface area contributed by atoms with Crippen molar-refractivity contribution in [2.24, 2.45) is 0 Å². The van der Waals surface area contributed by atoms with Gasteiger partial charge in [0.05, 0.1) is 35.8 Å². The Morgan fingerprint density at radius 1 is 0.900 bits per heavy atom. The number of nitrogens with zero attached hydrogens (tertiary/aromatic N) is 3. The summed E-state index contributed by atoms with van der Waals surface area (Å²) in [5.41, 5.74) is 1.41. The lowest BCUT2D eigenvalue weighted by molar-refractivity contribution is 0.414. The first-order valence-corrected chi connectivity index (χ1v) is 9.89. The summed E-state index contributed by atoms with van der Waals surface area (Å²) in [6.45, 7) is 0.344.